The van der Waals surface area contributed by atoms with E-state index in [-0.39, 0.29) is 5.56 Å². The second-order valence-corrected chi connectivity index (χ2v) is 4.53. The summed E-state index contributed by atoms with van der Waals surface area (Å²) in [5, 5.41) is 9.06. The van der Waals surface area contributed by atoms with Gasteiger partial charge < -0.3 is 14.7 Å². The number of para-hydroxylation sites is 1. The standard InChI is InChI=1S/C16H17NO3/c1-17(13-6-4-3-5-7-13)11-12-8-9-14(16(18)19)15(10-12)20-2/h3-10H,11H2,1-2H3,(H,18,19). The first-order chi connectivity index (χ1) is 9.61. The van der Waals surface area contributed by atoms with Crippen molar-refractivity contribution in [2.24, 2.45) is 0 Å². The Morgan fingerprint density at radius 1 is 1.20 bits per heavy atom. The quantitative estimate of drug-likeness (QED) is 0.908. The zero-order valence-corrected chi connectivity index (χ0v) is 11.5. The fourth-order valence-corrected chi connectivity index (χ4v) is 2.06. The summed E-state index contributed by atoms with van der Waals surface area (Å²) in [6.07, 6.45) is 0. The molecule has 0 fully saturated rings. The smallest absolute Gasteiger partial charge is 0.339 e. The van der Waals surface area contributed by atoms with Gasteiger partial charge in [-0.2, -0.15) is 0 Å². The third kappa shape index (κ3) is 3.09. The minimum absolute atomic E-state index is 0.179. The number of carboxylic acids is 1. The maximum absolute atomic E-state index is 11.0. The lowest BCUT2D eigenvalue weighted by Gasteiger charge is -2.20. The van der Waals surface area contributed by atoms with E-state index in [1.165, 1.54) is 7.11 Å². The van der Waals surface area contributed by atoms with Crippen LogP contribution < -0.4 is 9.64 Å². The van der Waals surface area contributed by atoms with Crippen LogP contribution >= 0.6 is 0 Å². The van der Waals surface area contributed by atoms with Crippen molar-refractivity contribution >= 4 is 11.7 Å². The molecule has 104 valence electrons. The summed E-state index contributed by atoms with van der Waals surface area (Å²) in [6, 6.07) is 15.2. The lowest BCUT2D eigenvalue weighted by Crippen LogP contribution is -2.16. The average Bonchev–Trinajstić information content (AvgIpc) is 2.47. The summed E-state index contributed by atoms with van der Waals surface area (Å²) in [5.41, 5.74) is 2.28. The molecular formula is C16H17NO3. The molecule has 0 radical (unpaired) electrons. The number of benzene rings is 2. The Morgan fingerprint density at radius 3 is 2.50 bits per heavy atom. The van der Waals surface area contributed by atoms with Crippen LogP contribution in [0.5, 0.6) is 5.75 Å². The molecule has 0 unspecified atom stereocenters. The number of hydrogen-bond donors (Lipinski definition) is 1. The molecule has 0 aliphatic carbocycles. The minimum atomic E-state index is -0.982. The maximum Gasteiger partial charge on any atom is 0.339 e. The van der Waals surface area contributed by atoms with Crippen LogP contribution in [0.15, 0.2) is 48.5 Å². The second kappa shape index (κ2) is 6.10. The van der Waals surface area contributed by atoms with Gasteiger partial charge in [-0.15, -0.1) is 0 Å². The van der Waals surface area contributed by atoms with Crippen LogP contribution in [0.25, 0.3) is 0 Å². The van der Waals surface area contributed by atoms with Crippen molar-refractivity contribution in [2.75, 3.05) is 19.1 Å². The number of methoxy groups -OCH3 is 1. The van der Waals surface area contributed by atoms with Gasteiger partial charge in [0, 0.05) is 19.3 Å². The molecule has 0 heterocycles. The van der Waals surface area contributed by atoms with E-state index in [1.807, 2.05) is 43.4 Å². The van der Waals surface area contributed by atoms with E-state index in [1.54, 1.807) is 12.1 Å². The molecule has 4 heteroatoms. The highest BCUT2D eigenvalue weighted by molar-refractivity contribution is 5.91. The first-order valence-electron chi connectivity index (χ1n) is 6.28. The highest BCUT2D eigenvalue weighted by Gasteiger charge is 2.12. The number of carboxylic acid groups (broad SMARTS) is 1. The van der Waals surface area contributed by atoms with Crippen LogP contribution in [-0.2, 0) is 6.54 Å². The summed E-state index contributed by atoms with van der Waals surface area (Å²) in [4.78, 5) is 13.1. The highest BCUT2D eigenvalue weighted by Crippen LogP contribution is 2.22. The van der Waals surface area contributed by atoms with E-state index >= 15 is 0 Å². The topological polar surface area (TPSA) is 49.8 Å². The summed E-state index contributed by atoms with van der Waals surface area (Å²) < 4.78 is 5.14. The molecule has 1 N–H and O–H groups in total. The number of anilines is 1. The third-order valence-electron chi connectivity index (χ3n) is 3.11. The molecule has 4 nitrogen and oxygen atoms in total. The van der Waals surface area contributed by atoms with E-state index in [9.17, 15) is 4.79 Å². The van der Waals surface area contributed by atoms with Crippen molar-refractivity contribution in [1.82, 2.24) is 0 Å². The fourth-order valence-electron chi connectivity index (χ4n) is 2.06. The van der Waals surface area contributed by atoms with Crippen LogP contribution in [0.4, 0.5) is 5.69 Å². The summed E-state index contributed by atoms with van der Waals surface area (Å²) in [5.74, 6) is -0.596. The van der Waals surface area contributed by atoms with E-state index in [0.717, 1.165) is 11.3 Å². The maximum atomic E-state index is 11.0. The molecule has 20 heavy (non-hydrogen) atoms. The predicted molar refractivity (Wildman–Crippen MR) is 78.5 cm³/mol. The van der Waals surface area contributed by atoms with Crippen molar-refractivity contribution in [1.29, 1.82) is 0 Å². The molecule has 0 amide bonds. The Morgan fingerprint density at radius 2 is 1.90 bits per heavy atom. The van der Waals surface area contributed by atoms with Gasteiger partial charge >= 0.3 is 5.97 Å². The Kier molecular flexibility index (Phi) is 4.25. The van der Waals surface area contributed by atoms with Gasteiger partial charge in [-0.1, -0.05) is 24.3 Å². The molecular weight excluding hydrogens is 254 g/mol. The Balaban J connectivity index is 2.20. The minimum Gasteiger partial charge on any atom is -0.496 e. The largest absolute Gasteiger partial charge is 0.496 e. The normalized spacial score (nSPS) is 10.1. The van der Waals surface area contributed by atoms with E-state index in [0.29, 0.717) is 12.3 Å². The van der Waals surface area contributed by atoms with Crippen molar-refractivity contribution in [2.45, 2.75) is 6.54 Å². The molecule has 2 rings (SSSR count). The number of carbonyl (C=O) groups is 1. The molecule has 0 bridgehead atoms. The van der Waals surface area contributed by atoms with E-state index in [4.69, 9.17) is 9.84 Å². The molecule has 0 saturated carbocycles. The van der Waals surface area contributed by atoms with Crippen LogP contribution in [-0.4, -0.2) is 25.2 Å². The Bertz CT molecular complexity index is 596. The number of aromatic carboxylic acids is 1. The molecule has 2 aromatic carbocycles. The first-order valence-corrected chi connectivity index (χ1v) is 6.28. The van der Waals surface area contributed by atoms with Crippen molar-refractivity contribution in [3.05, 3.63) is 59.7 Å². The number of rotatable bonds is 5. The monoisotopic (exact) mass is 271 g/mol. The van der Waals surface area contributed by atoms with Gasteiger partial charge in [0.1, 0.15) is 11.3 Å². The van der Waals surface area contributed by atoms with Gasteiger partial charge in [-0.25, -0.2) is 4.79 Å². The van der Waals surface area contributed by atoms with Gasteiger partial charge in [-0.05, 0) is 29.8 Å². The molecule has 0 aliphatic rings. The Hall–Kier alpha value is -2.49. The van der Waals surface area contributed by atoms with Crippen LogP contribution in [0.2, 0.25) is 0 Å². The number of ether oxygens (including phenoxy) is 1. The van der Waals surface area contributed by atoms with Crippen molar-refractivity contribution in [3.63, 3.8) is 0 Å². The van der Waals surface area contributed by atoms with Gasteiger partial charge in [0.2, 0.25) is 0 Å². The molecule has 0 atom stereocenters. The predicted octanol–water partition coefficient (Wildman–Crippen LogP) is 3.03. The summed E-state index contributed by atoms with van der Waals surface area (Å²) >= 11 is 0. The molecule has 0 saturated heterocycles. The van der Waals surface area contributed by atoms with Gasteiger partial charge in [-0.3, -0.25) is 0 Å². The van der Waals surface area contributed by atoms with Gasteiger partial charge in [0.15, 0.2) is 0 Å². The highest BCUT2D eigenvalue weighted by atomic mass is 16.5. The van der Waals surface area contributed by atoms with Gasteiger partial charge in [0.05, 0.1) is 7.11 Å². The Labute approximate surface area is 118 Å². The van der Waals surface area contributed by atoms with Crippen LogP contribution in [0, 0.1) is 0 Å². The average molecular weight is 271 g/mol. The molecule has 0 aliphatic heterocycles. The van der Waals surface area contributed by atoms with Crippen LogP contribution in [0.3, 0.4) is 0 Å². The second-order valence-electron chi connectivity index (χ2n) is 4.53. The number of hydrogen-bond acceptors (Lipinski definition) is 3. The third-order valence-corrected chi connectivity index (χ3v) is 3.11. The lowest BCUT2D eigenvalue weighted by molar-refractivity contribution is 0.0693. The molecule has 2 aromatic rings. The fraction of sp³-hybridized carbons (Fsp3) is 0.188. The zero-order valence-electron chi connectivity index (χ0n) is 11.5. The number of nitrogens with zero attached hydrogens (tertiary/aromatic N) is 1. The molecule has 0 aromatic heterocycles. The zero-order chi connectivity index (χ0) is 14.5. The first kappa shape index (κ1) is 13.9. The van der Waals surface area contributed by atoms with Gasteiger partial charge in [0.25, 0.3) is 0 Å². The van der Waals surface area contributed by atoms with E-state index < -0.39 is 5.97 Å². The summed E-state index contributed by atoms with van der Waals surface area (Å²) in [7, 11) is 3.47. The SMILES string of the molecule is COc1cc(CN(C)c2ccccc2)ccc1C(=O)O. The molecule has 0 spiro atoms. The lowest BCUT2D eigenvalue weighted by atomic mass is 10.1. The summed E-state index contributed by atoms with van der Waals surface area (Å²) in [6.45, 7) is 0.681. The van der Waals surface area contributed by atoms with Crippen LogP contribution in [0.1, 0.15) is 15.9 Å². The van der Waals surface area contributed by atoms with Crippen molar-refractivity contribution < 1.29 is 14.6 Å². The van der Waals surface area contributed by atoms with Crippen molar-refractivity contribution in [3.8, 4) is 5.75 Å². The van der Waals surface area contributed by atoms with E-state index in [2.05, 4.69) is 4.90 Å².